The maximum absolute atomic E-state index is 13.6. The van der Waals surface area contributed by atoms with Crippen LogP contribution in [0.4, 0.5) is 22.7 Å². The topological polar surface area (TPSA) is 81.8 Å². The van der Waals surface area contributed by atoms with Gasteiger partial charge in [0.1, 0.15) is 5.70 Å². The van der Waals surface area contributed by atoms with Gasteiger partial charge in [-0.2, -0.15) is 0 Å². The third-order valence-corrected chi connectivity index (χ3v) is 5.49. The van der Waals surface area contributed by atoms with Crippen LogP contribution in [-0.4, -0.2) is 31.8 Å². The minimum absolute atomic E-state index is 0.187. The summed E-state index contributed by atoms with van der Waals surface area (Å²) in [6.07, 6.45) is 0. The molecule has 2 N–H and O–H groups in total. The Morgan fingerprint density at radius 1 is 0.853 bits per heavy atom. The first-order chi connectivity index (χ1) is 16.2. The second kappa shape index (κ2) is 9.23. The van der Waals surface area contributed by atoms with Gasteiger partial charge < -0.3 is 15.5 Å². The Hall–Kier alpha value is -4.39. The first-order valence-corrected chi connectivity index (χ1v) is 10.9. The van der Waals surface area contributed by atoms with Crippen molar-refractivity contribution in [3.63, 3.8) is 0 Å². The summed E-state index contributed by atoms with van der Waals surface area (Å²) in [6, 6.07) is 21.8. The van der Waals surface area contributed by atoms with E-state index in [2.05, 4.69) is 10.6 Å². The van der Waals surface area contributed by atoms with Crippen LogP contribution in [0, 0.1) is 6.92 Å². The lowest BCUT2D eigenvalue weighted by molar-refractivity contribution is -0.120. The zero-order valence-corrected chi connectivity index (χ0v) is 19.5. The van der Waals surface area contributed by atoms with Crippen molar-refractivity contribution in [2.24, 2.45) is 0 Å². The zero-order chi connectivity index (χ0) is 24.4. The van der Waals surface area contributed by atoms with Crippen LogP contribution in [0.2, 0.25) is 0 Å². The number of aryl methyl sites for hydroxylation is 1. The number of anilines is 4. The number of nitrogens with zero attached hydrogens (tertiary/aromatic N) is 2. The Labute approximate surface area is 198 Å². The monoisotopic (exact) mass is 454 g/mol. The molecular formula is C27H26N4O3. The largest absolute Gasteiger partial charge is 0.378 e. The van der Waals surface area contributed by atoms with E-state index in [1.54, 1.807) is 30.3 Å². The molecule has 1 heterocycles. The molecule has 0 unspecified atom stereocenters. The first-order valence-electron chi connectivity index (χ1n) is 10.9. The van der Waals surface area contributed by atoms with Crippen LogP contribution in [0.1, 0.15) is 18.1 Å². The Morgan fingerprint density at radius 3 is 2.09 bits per heavy atom. The van der Waals surface area contributed by atoms with Crippen molar-refractivity contribution in [2.75, 3.05) is 34.5 Å². The van der Waals surface area contributed by atoms with Gasteiger partial charge in [-0.1, -0.05) is 24.3 Å². The van der Waals surface area contributed by atoms with Gasteiger partial charge in [0.05, 0.1) is 11.3 Å². The summed E-state index contributed by atoms with van der Waals surface area (Å²) >= 11 is 0. The molecular weight excluding hydrogens is 428 g/mol. The third kappa shape index (κ3) is 4.54. The van der Waals surface area contributed by atoms with Crippen molar-refractivity contribution in [3.05, 3.63) is 89.6 Å². The lowest BCUT2D eigenvalue weighted by Crippen LogP contribution is -2.32. The molecule has 4 rings (SSSR count). The van der Waals surface area contributed by atoms with Crippen molar-refractivity contribution in [2.45, 2.75) is 13.8 Å². The number of amides is 3. The van der Waals surface area contributed by atoms with Gasteiger partial charge >= 0.3 is 0 Å². The Morgan fingerprint density at radius 2 is 1.50 bits per heavy atom. The third-order valence-electron chi connectivity index (χ3n) is 5.49. The average Bonchev–Trinajstić information content (AvgIpc) is 3.03. The molecule has 0 aromatic heterocycles. The fourth-order valence-electron chi connectivity index (χ4n) is 3.83. The Kier molecular flexibility index (Phi) is 6.19. The molecule has 172 valence electrons. The summed E-state index contributed by atoms with van der Waals surface area (Å²) in [5.41, 5.74) is 4.84. The zero-order valence-electron chi connectivity index (χ0n) is 19.5. The summed E-state index contributed by atoms with van der Waals surface area (Å²) in [6.45, 7) is 3.34. The molecule has 0 fully saturated rings. The van der Waals surface area contributed by atoms with E-state index >= 15 is 0 Å². The highest BCUT2D eigenvalue weighted by molar-refractivity contribution is 6.46. The van der Waals surface area contributed by atoms with Gasteiger partial charge in [0.15, 0.2) is 0 Å². The van der Waals surface area contributed by atoms with Crippen LogP contribution in [0.5, 0.6) is 0 Å². The molecule has 7 heteroatoms. The molecule has 0 bridgehead atoms. The van der Waals surface area contributed by atoms with Gasteiger partial charge in [0.25, 0.3) is 11.8 Å². The van der Waals surface area contributed by atoms with Crippen LogP contribution in [0.3, 0.4) is 0 Å². The number of rotatable bonds is 6. The highest BCUT2D eigenvalue weighted by Gasteiger charge is 2.40. The van der Waals surface area contributed by atoms with Crippen LogP contribution < -0.4 is 20.4 Å². The molecule has 0 atom stereocenters. The molecule has 1 aliphatic heterocycles. The second-order valence-electron chi connectivity index (χ2n) is 8.36. The minimum Gasteiger partial charge on any atom is -0.378 e. The summed E-state index contributed by atoms with van der Waals surface area (Å²) in [4.78, 5) is 41.6. The number of hydrogen-bond acceptors (Lipinski definition) is 5. The van der Waals surface area contributed by atoms with Gasteiger partial charge in [0, 0.05) is 38.1 Å². The van der Waals surface area contributed by atoms with Gasteiger partial charge in [-0.3, -0.25) is 14.4 Å². The van der Waals surface area contributed by atoms with E-state index in [0.29, 0.717) is 22.6 Å². The molecule has 34 heavy (non-hydrogen) atoms. The first kappa shape index (κ1) is 22.8. The van der Waals surface area contributed by atoms with E-state index in [1.165, 1.54) is 11.8 Å². The number of benzene rings is 3. The molecule has 0 radical (unpaired) electrons. The fourth-order valence-corrected chi connectivity index (χ4v) is 3.83. The van der Waals surface area contributed by atoms with Crippen LogP contribution >= 0.6 is 0 Å². The van der Waals surface area contributed by atoms with E-state index in [0.717, 1.165) is 11.3 Å². The molecule has 0 aliphatic carbocycles. The van der Waals surface area contributed by atoms with Crippen molar-refractivity contribution in [3.8, 4) is 0 Å². The molecule has 0 saturated heterocycles. The fraction of sp³-hybridized carbons (Fsp3) is 0.148. The number of imide groups is 1. The van der Waals surface area contributed by atoms with E-state index in [1.807, 2.05) is 68.4 Å². The maximum atomic E-state index is 13.6. The molecule has 0 saturated carbocycles. The minimum atomic E-state index is -0.423. The number of carbonyl (C=O) groups is 3. The molecule has 3 aromatic carbocycles. The summed E-state index contributed by atoms with van der Waals surface area (Å²) in [7, 11) is 3.90. The summed E-state index contributed by atoms with van der Waals surface area (Å²) in [5.74, 6) is -1.02. The highest BCUT2D eigenvalue weighted by Crippen LogP contribution is 2.34. The SMILES string of the molecule is CC(=O)Nc1ccc(C2=C(Nc3ccc(N(C)C)cc3)C(=O)N(c3cccc(C)c3)C2=O)cc1. The predicted octanol–water partition coefficient (Wildman–Crippen LogP) is 4.42. The summed E-state index contributed by atoms with van der Waals surface area (Å²) in [5, 5.41) is 5.89. The lowest BCUT2D eigenvalue weighted by atomic mass is 10.0. The van der Waals surface area contributed by atoms with E-state index in [4.69, 9.17) is 0 Å². The quantitative estimate of drug-likeness (QED) is 0.539. The second-order valence-corrected chi connectivity index (χ2v) is 8.36. The molecule has 0 spiro atoms. The van der Waals surface area contributed by atoms with Gasteiger partial charge in [-0.05, 0) is 66.6 Å². The maximum Gasteiger partial charge on any atom is 0.282 e. The Balaban J connectivity index is 1.76. The molecule has 3 amide bonds. The average molecular weight is 455 g/mol. The smallest absolute Gasteiger partial charge is 0.282 e. The van der Waals surface area contributed by atoms with Crippen molar-refractivity contribution >= 4 is 46.0 Å². The molecule has 1 aliphatic rings. The number of carbonyl (C=O) groups excluding carboxylic acids is 3. The van der Waals surface area contributed by atoms with Crippen molar-refractivity contribution in [1.29, 1.82) is 0 Å². The van der Waals surface area contributed by atoms with E-state index in [9.17, 15) is 14.4 Å². The van der Waals surface area contributed by atoms with Crippen molar-refractivity contribution < 1.29 is 14.4 Å². The van der Waals surface area contributed by atoms with Crippen LogP contribution in [0.25, 0.3) is 5.57 Å². The number of nitrogens with one attached hydrogen (secondary N) is 2. The van der Waals surface area contributed by atoms with Gasteiger partial charge in [-0.25, -0.2) is 4.90 Å². The lowest BCUT2D eigenvalue weighted by Gasteiger charge is -2.16. The Bertz CT molecular complexity index is 1290. The summed E-state index contributed by atoms with van der Waals surface area (Å²) < 4.78 is 0. The number of hydrogen-bond donors (Lipinski definition) is 2. The van der Waals surface area contributed by atoms with E-state index in [-0.39, 0.29) is 17.2 Å². The molecule has 3 aromatic rings. The highest BCUT2D eigenvalue weighted by atomic mass is 16.2. The van der Waals surface area contributed by atoms with Crippen LogP contribution in [-0.2, 0) is 14.4 Å². The normalized spacial score (nSPS) is 13.4. The molecule has 7 nitrogen and oxygen atoms in total. The van der Waals surface area contributed by atoms with Crippen molar-refractivity contribution in [1.82, 2.24) is 0 Å². The van der Waals surface area contributed by atoms with Gasteiger partial charge in [-0.15, -0.1) is 0 Å². The predicted molar refractivity (Wildman–Crippen MR) is 136 cm³/mol. The van der Waals surface area contributed by atoms with E-state index < -0.39 is 11.8 Å². The standard InChI is InChI=1S/C27H26N4O3/c1-17-6-5-7-23(16-17)31-26(33)24(19-8-10-20(11-9-19)28-18(2)32)25(27(31)34)29-21-12-14-22(15-13-21)30(3)4/h5-16,29H,1-4H3,(H,28,32). The van der Waals surface area contributed by atoms with Crippen LogP contribution in [0.15, 0.2) is 78.5 Å². The van der Waals surface area contributed by atoms with Gasteiger partial charge in [0.2, 0.25) is 5.91 Å².